The molecule has 0 heterocycles. The molecule has 2 rings (SSSR count). The quantitative estimate of drug-likeness (QED) is 0.515. The van der Waals surface area contributed by atoms with E-state index in [9.17, 15) is 4.79 Å². The van der Waals surface area contributed by atoms with Gasteiger partial charge in [-0.05, 0) is 38.0 Å². The van der Waals surface area contributed by atoms with Crippen molar-refractivity contribution in [3.8, 4) is 0 Å². The van der Waals surface area contributed by atoms with Crippen LogP contribution in [0.2, 0.25) is 0 Å². The summed E-state index contributed by atoms with van der Waals surface area (Å²) in [4.78, 5) is 11.8. The van der Waals surface area contributed by atoms with Gasteiger partial charge in [-0.15, -0.1) is 0 Å². The molecule has 0 aromatic rings. The van der Waals surface area contributed by atoms with Gasteiger partial charge in [0.15, 0.2) is 0 Å². The maximum absolute atomic E-state index is 11.8. The molecule has 2 saturated carbocycles. The molecule has 0 aromatic heterocycles. The largest absolute Gasteiger partial charge is 0.466 e. The van der Waals surface area contributed by atoms with Crippen molar-refractivity contribution in [3.63, 3.8) is 0 Å². The highest BCUT2D eigenvalue weighted by atomic mass is 16.5. The van der Waals surface area contributed by atoms with Crippen LogP contribution in [0.15, 0.2) is 12.2 Å². The molecule has 2 aliphatic carbocycles. The Morgan fingerprint density at radius 3 is 2.93 bits per heavy atom. The Balaban J connectivity index is 2.07. The van der Waals surface area contributed by atoms with Crippen LogP contribution in [0, 0.1) is 17.8 Å². The zero-order valence-electron chi connectivity index (χ0n) is 9.50. The molecular formula is C13H20O2. The summed E-state index contributed by atoms with van der Waals surface area (Å²) < 4.78 is 5.14. The minimum absolute atomic E-state index is 0.00745. The van der Waals surface area contributed by atoms with Crippen molar-refractivity contribution in [2.24, 2.45) is 17.8 Å². The Morgan fingerprint density at radius 2 is 2.20 bits per heavy atom. The molecule has 84 valence electrons. The average Bonchev–Trinajstić information content (AvgIpc) is 2.58. The third kappa shape index (κ3) is 1.95. The highest BCUT2D eigenvalue weighted by Crippen LogP contribution is 2.48. The first kappa shape index (κ1) is 10.7. The molecule has 0 aromatic carbocycles. The highest BCUT2D eigenvalue weighted by Gasteiger charge is 2.43. The number of ether oxygens (including phenoxy) is 1. The van der Waals surface area contributed by atoms with Gasteiger partial charge < -0.3 is 4.74 Å². The number of hydrogen-bond acceptors (Lipinski definition) is 2. The summed E-state index contributed by atoms with van der Waals surface area (Å²) in [5, 5.41) is 0. The molecule has 15 heavy (non-hydrogen) atoms. The van der Waals surface area contributed by atoms with E-state index in [0.717, 1.165) is 6.42 Å². The molecule has 0 aliphatic heterocycles. The third-order valence-electron chi connectivity index (χ3n) is 3.93. The first-order chi connectivity index (χ1) is 7.24. The van der Waals surface area contributed by atoms with Crippen molar-refractivity contribution < 1.29 is 9.53 Å². The molecule has 0 amide bonds. The molecule has 0 spiro atoms. The third-order valence-corrected chi connectivity index (χ3v) is 3.93. The van der Waals surface area contributed by atoms with E-state index in [2.05, 4.69) is 6.58 Å². The Kier molecular flexibility index (Phi) is 3.13. The van der Waals surface area contributed by atoms with Crippen LogP contribution in [-0.4, -0.2) is 12.6 Å². The lowest BCUT2D eigenvalue weighted by Gasteiger charge is -2.28. The smallest absolute Gasteiger partial charge is 0.309 e. The average molecular weight is 208 g/mol. The number of fused-ring (bicyclic) bond motifs is 1. The summed E-state index contributed by atoms with van der Waals surface area (Å²) in [5.41, 5.74) is 1.29. The highest BCUT2D eigenvalue weighted by molar-refractivity contribution is 5.74. The van der Waals surface area contributed by atoms with Gasteiger partial charge in [0.2, 0.25) is 0 Å². The van der Waals surface area contributed by atoms with Gasteiger partial charge in [-0.25, -0.2) is 0 Å². The molecule has 2 fully saturated rings. The lowest BCUT2D eigenvalue weighted by atomic mass is 9.77. The first-order valence-electron chi connectivity index (χ1n) is 6.08. The van der Waals surface area contributed by atoms with Crippen LogP contribution in [0.25, 0.3) is 0 Å². The summed E-state index contributed by atoms with van der Waals surface area (Å²) in [5.74, 6) is 1.26. The maximum atomic E-state index is 11.8. The van der Waals surface area contributed by atoms with Crippen molar-refractivity contribution >= 4 is 5.97 Å². The second-order valence-electron chi connectivity index (χ2n) is 4.78. The number of carbonyl (C=O) groups excluding carboxylic acids is 1. The van der Waals surface area contributed by atoms with Crippen LogP contribution in [0.4, 0.5) is 0 Å². The van der Waals surface area contributed by atoms with Crippen LogP contribution in [0.5, 0.6) is 0 Å². The van der Waals surface area contributed by atoms with Gasteiger partial charge in [0.05, 0.1) is 12.5 Å². The lowest BCUT2D eigenvalue weighted by Crippen LogP contribution is -2.26. The maximum Gasteiger partial charge on any atom is 0.309 e. The van der Waals surface area contributed by atoms with E-state index < -0.39 is 0 Å². The Bertz CT molecular complexity index is 270. The van der Waals surface area contributed by atoms with E-state index in [-0.39, 0.29) is 11.9 Å². The van der Waals surface area contributed by atoms with E-state index in [1.54, 1.807) is 0 Å². The predicted molar refractivity (Wildman–Crippen MR) is 59.3 cm³/mol. The number of esters is 1. The van der Waals surface area contributed by atoms with E-state index in [4.69, 9.17) is 4.74 Å². The Labute approximate surface area is 91.7 Å². The molecule has 2 nitrogen and oxygen atoms in total. The summed E-state index contributed by atoms with van der Waals surface area (Å²) in [6.07, 6.45) is 5.86. The number of hydrogen-bond donors (Lipinski definition) is 0. The van der Waals surface area contributed by atoms with Crippen molar-refractivity contribution in [3.05, 3.63) is 12.2 Å². The second-order valence-corrected chi connectivity index (χ2v) is 4.78. The minimum Gasteiger partial charge on any atom is -0.466 e. The SMILES string of the molecule is C=C1CC(C(=O)OCC)[C@H]2CCCC[C@@H]12. The summed E-state index contributed by atoms with van der Waals surface area (Å²) >= 11 is 0. The van der Waals surface area contributed by atoms with Crippen LogP contribution in [-0.2, 0) is 9.53 Å². The number of allylic oxidation sites excluding steroid dienone is 1. The van der Waals surface area contributed by atoms with Crippen molar-refractivity contribution in [1.29, 1.82) is 0 Å². The lowest BCUT2D eigenvalue weighted by molar-refractivity contribution is -0.149. The minimum atomic E-state index is 0.00745. The molecule has 0 bridgehead atoms. The topological polar surface area (TPSA) is 26.3 Å². The predicted octanol–water partition coefficient (Wildman–Crippen LogP) is 2.93. The van der Waals surface area contributed by atoms with Crippen LogP contribution in [0.1, 0.15) is 39.0 Å². The monoisotopic (exact) mass is 208 g/mol. The van der Waals surface area contributed by atoms with Gasteiger partial charge in [0.25, 0.3) is 0 Å². The van der Waals surface area contributed by atoms with E-state index in [0.29, 0.717) is 18.4 Å². The molecule has 3 atom stereocenters. The van der Waals surface area contributed by atoms with Crippen LogP contribution in [0.3, 0.4) is 0 Å². The zero-order chi connectivity index (χ0) is 10.8. The molecule has 1 unspecified atom stereocenters. The van der Waals surface area contributed by atoms with E-state index in [1.165, 1.54) is 31.3 Å². The van der Waals surface area contributed by atoms with E-state index in [1.807, 2.05) is 6.92 Å². The molecule has 2 aliphatic rings. The number of rotatable bonds is 2. The number of carbonyl (C=O) groups is 1. The standard InChI is InChI=1S/C13H20O2/c1-3-15-13(14)12-8-9(2)10-6-4-5-7-11(10)12/h10-12H,2-8H2,1H3/t10-,11-,12?/m0/s1. The van der Waals surface area contributed by atoms with Gasteiger partial charge >= 0.3 is 5.97 Å². The van der Waals surface area contributed by atoms with Gasteiger partial charge in [-0.1, -0.05) is 25.0 Å². The molecular weight excluding hydrogens is 188 g/mol. The fraction of sp³-hybridized carbons (Fsp3) is 0.769. The zero-order valence-corrected chi connectivity index (χ0v) is 9.50. The second kappa shape index (κ2) is 4.38. The first-order valence-corrected chi connectivity index (χ1v) is 6.08. The Hall–Kier alpha value is -0.790. The Morgan fingerprint density at radius 1 is 1.47 bits per heavy atom. The molecule has 0 N–H and O–H groups in total. The summed E-state index contributed by atoms with van der Waals surface area (Å²) in [6.45, 7) is 6.50. The van der Waals surface area contributed by atoms with E-state index >= 15 is 0 Å². The van der Waals surface area contributed by atoms with Crippen LogP contribution >= 0.6 is 0 Å². The van der Waals surface area contributed by atoms with Gasteiger partial charge in [0, 0.05) is 0 Å². The molecule has 0 saturated heterocycles. The van der Waals surface area contributed by atoms with Crippen molar-refractivity contribution in [2.75, 3.05) is 6.61 Å². The fourth-order valence-electron chi connectivity index (χ4n) is 3.24. The van der Waals surface area contributed by atoms with Gasteiger partial charge in [0.1, 0.15) is 0 Å². The fourth-order valence-corrected chi connectivity index (χ4v) is 3.24. The normalized spacial score (nSPS) is 35.0. The van der Waals surface area contributed by atoms with Crippen LogP contribution < -0.4 is 0 Å². The molecule has 0 radical (unpaired) electrons. The summed E-state index contributed by atoms with van der Waals surface area (Å²) in [6, 6.07) is 0. The molecule has 2 heteroatoms. The van der Waals surface area contributed by atoms with Crippen molar-refractivity contribution in [2.45, 2.75) is 39.0 Å². The van der Waals surface area contributed by atoms with Gasteiger partial charge in [-0.2, -0.15) is 0 Å². The van der Waals surface area contributed by atoms with Crippen molar-refractivity contribution in [1.82, 2.24) is 0 Å². The van der Waals surface area contributed by atoms with Gasteiger partial charge in [-0.3, -0.25) is 4.79 Å². The summed E-state index contributed by atoms with van der Waals surface area (Å²) in [7, 11) is 0.